The summed E-state index contributed by atoms with van der Waals surface area (Å²) < 4.78 is 5.51. The summed E-state index contributed by atoms with van der Waals surface area (Å²) in [6, 6.07) is 7.47. The largest absolute Gasteiger partial charge is 0.437 e. The maximum absolute atomic E-state index is 11.8. The van der Waals surface area contributed by atoms with E-state index in [0.717, 1.165) is 18.4 Å². The summed E-state index contributed by atoms with van der Waals surface area (Å²) >= 11 is 0. The van der Waals surface area contributed by atoms with Crippen molar-refractivity contribution < 1.29 is 14.3 Å². The first-order valence-electron chi connectivity index (χ1n) is 7.65. The average Bonchev–Trinajstić information content (AvgIpc) is 2.94. The van der Waals surface area contributed by atoms with E-state index in [1.54, 1.807) is 6.08 Å². The number of oxazole rings is 1. The second-order valence-electron chi connectivity index (χ2n) is 5.27. The molecule has 1 aromatic heterocycles. The number of para-hydroxylation sites is 2. The highest BCUT2D eigenvalue weighted by atomic mass is 16.3. The molecule has 0 saturated carbocycles. The minimum absolute atomic E-state index is 0.152. The topological polar surface area (TPSA) is 75.4 Å². The van der Waals surface area contributed by atoms with Crippen LogP contribution in [0.25, 0.3) is 17.2 Å². The first-order chi connectivity index (χ1) is 10.7. The van der Waals surface area contributed by atoms with Crippen molar-refractivity contribution in [3.05, 3.63) is 36.2 Å². The molecular formula is C17H22N2O3. The molecule has 1 unspecified atom stereocenters. The lowest BCUT2D eigenvalue weighted by atomic mass is 10.0. The first-order valence-corrected chi connectivity index (χ1v) is 7.65. The lowest BCUT2D eigenvalue weighted by Gasteiger charge is -2.14. The SMILES string of the molecule is CCCC(CCO)CNC(=O)/C=C/c1nc2ccccc2o1. The molecule has 0 fully saturated rings. The third kappa shape index (κ3) is 4.70. The van der Waals surface area contributed by atoms with Gasteiger partial charge in [0.2, 0.25) is 11.8 Å². The molecule has 5 nitrogen and oxygen atoms in total. The van der Waals surface area contributed by atoms with Crippen LogP contribution in [0.3, 0.4) is 0 Å². The maximum atomic E-state index is 11.8. The number of aliphatic hydroxyl groups excluding tert-OH is 1. The maximum Gasteiger partial charge on any atom is 0.244 e. The molecular weight excluding hydrogens is 280 g/mol. The predicted molar refractivity (Wildman–Crippen MR) is 86.2 cm³/mol. The van der Waals surface area contributed by atoms with Crippen molar-refractivity contribution in [3.63, 3.8) is 0 Å². The number of benzene rings is 1. The lowest BCUT2D eigenvalue weighted by Crippen LogP contribution is -2.28. The molecule has 2 rings (SSSR count). The van der Waals surface area contributed by atoms with E-state index in [4.69, 9.17) is 9.52 Å². The second kappa shape index (κ2) is 8.34. The van der Waals surface area contributed by atoms with Gasteiger partial charge in [0.1, 0.15) is 5.52 Å². The zero-order valence-corrected chi connectivity index (χ0v) is 12.8. The summed E-state index contributed by atoms with van der Waals surface area (Å²) in [5.41, 5.74) is 1.47. The fraction of sp³-hybridized carbons (Fsp3) is 0.412. The first kappa shape index (κ1) is 16.2. The van der Waals surface area contributed by atoms with Crippen molar-refractivity contribution in [2.45, 2.75) is 26.2 Å². The van der Waals surface area contributed by atoms with E-state index >= 15 is 0 Å². The molecule has 2 N–H and O–H groups in total. The van der Waals surface area contributed by atoms with Gasteiger partial charge in [-0.15, -0.1) is 0 Å². The van der Waals surface area contributed by atoms with Crippen LogP contribution in [0, 0.1) is 5.92 Å². The van der Waals surface area contributed by atoms with Crippen molar-refractivity contribution in [1.29, 1.82) is 0 Å². The zero-order valence-electron chi connectivity index (χ0n) is 12.8. The minimum Gasteiger partial charge on any atom is -0.437 e. The van der Waals surface area contributed by atoms with Gasteiger partial charge in [-0.2, -0.15) is 0 Å². The van der Waals surface area contributed by atoms with Gasteiger partial charge in [0.05, 0.1) is 0 Å². The van der Waals surface area contributed by atoms with Crippen molar-refractivity contribution in [2.75, 3.05) is 13.2 Å². The summed E-state index contributed by atoms with van der Waals surface area (Å²) in [6.07, 6.45) is 5.74. The molecule has 1 atom stereocenters. The molecule has 22 heavy (non-hydrogen) atoms. The van der Waals surface area contributed by atoms with Crippen LogP contribution in [0.15, 0.2) is 34.8 Å². The van der Waals surface area contributed by atoms with Gasteiger partial charge in [-0.1, -0.05) is 25.5 Å². The molecule has 5 heteroatoms. The summed E-state index contributed by atoms with van der Waals surface area (Å²) in [6.45, 7) is 2.82. The summed E-state index contributed by atoms with van der Waals surface area (Å²) in [5.74, 6) is 0.551. The number of fused-ring (bicyclic) bond motifs is 1. The fourth-order valence-electron chi connectivity index (χ4n) is 2.35. The van der Waals surface area contributed by atoms with Crippen LogP contribution in [0.5, 0.6) is 0 Å². The number of nitrogens with zero attached hydrogens (tertiary/aromatic N) is 1. The van der Waals surface area contributed by atoms with E-state index in [-0.39, 0.29) is 12.5 Å². The molecule has 1 aromatic carbocycles. The van der Waals surface area contributed by atoms with Crippen LogP contribution in [-0.2, 0) is 4.79 Å². The molecule has 118 valence electrons. The number of rotatable bonds is 8. The Morgan fingerprint density at radius 2 is 2.23 bits per heavy atom. The molecule has 0 aliphatic heterocycles. The predicted octanol–water partition coefficient (Wildman–Crippen LogP) is 2.76. The molecule has 1 heterocycles. The highest BCUT2D eigenvalue weighted by molar-refractivity contribution is 5.91. The monoisotopic (exact) mass is 302 g/mol. The molecule has 0 spiro atoms. The highest BCUT2D eigenvalue weighted by Gasteiger charge is 2.08. The van der Waals surface area contributed by atoms with Crippen LogP contribution in [0.1, 0.15) is 32.1 Å². The zero-order chi connectivity index (χ0) is 15.8. The van der Waals surface area contributed by atoms with Crippen molar-refractivity contribution in [3.8, 4) is 0 Å². The Bertz CT molecular complexity index is 595. The van der Waals surface area contributed by atoms with E-state index in [1.807, 2.05) is 24.3 Å². The van der Waals surface area contributed by atoms with Crippen LogP contribution in [0.2, 0.25) is 0 Å². The Balaban J connectivity index is 1.87. The standard InChI is InChI=1S/C17H22N2O3/c1-2-5-13(10-11-20)12-18-16(21)8-9-17-19-14-6-3-4-7-15(14)22-17/h3-4,6-9,13,20H,2,5,10-12H2,1H3,(H,18,21)/b9-8+. The number of hydrogen-bond acceptors (Lipinski definition) is 4. The van der Waals surface area contributed by atoms with Gasteiger partial charge in [0, 0.05) is 25.3 Å². The minimum atomic E-state index is -0.179. The number of carbonyl (C=O) groups is 1. The quantitative estimate of drug-likeness (QED) is 0.735. The number of aliphatic hydroxyl groups is 1. The number of carbonyl (C=O) groups excluding carboxylic acids is 1. The van der Waals surface area contributed by atoms with Crippen LogP contribution in [0.4, 0.5) is 0 Å². The van der Waals surface area contributed by atoms with Crippen LogP contribution in [-0.4, -0.2) is 29.1 Å². The number of hydrogen-bond donors (Lipinski definition) is 2. The van der Waals surface area contributed by atoms with Gasteiger partial charge in [0.25, 0.3) is 0 Å². The average molecular weight is 302 g/mol. The van der Waals surface area contributed by atoms with Crippen molar-refractivity contribution in [1.82, 2.24) is 10.3 Å². The van der Waals surface area contributed by atoms with Gasteiger partial charge in [-0.3, -0.25) is 4.79 Å². The molecule has 0 bridgehead atoms. The van der Waals surface area contributed by atoms with Gasteiger partial charge < -0.3 is 14.8 Å². The van der Waals surface area contributed by atoms with E-state index in [9.17, 15) is 4.79 Å². The Morgan fingerprint density at radius 3 is 2.95 bits per heavy atom. The van der Waals surface area contributed by atoms with E-state index in [1.165, 1.54) is 6.08 Å². The van der Waals surface area contributed by atoms with Crippen LogP contribution >= 0.6 is 0 Å². The molecule has 0 radical (unpaired) electrons. The Morgan fingerprint density at radius 1 is 1.41 bits per heavy atom. The van der Waals surface area contributed by atoms with Crippen LogP contribution < -0.4 is 5.32 Å². The summed E-state index contributed by atoms with van der Waals surface area (Å²) in [5, 5.41) is 11.9. The molecule has 1 amide bonds. The second-order valence-corrected chi connectivity index (χ2v) is 5.27. The smallest absolute Gasteiger partial charge is 0.244 e. The van der Waals surface area contributed by atoms with Gasteiger partial charge in [-0.05, 0) is 30.9 Å². The van der Waals surface area contributed by atoms with Gasteiger partial charge >= 0.3 is 0 Å². The number of amides is 1. The molecule has 0 aliphatic carbocycles. The molecule has 0 aliphatic rings. The van der Waals surface area contributed by atoms with E-state index < -0.39 is 0 Å². The molecule has 2 aromatic rings. The third-order valence-electron chi connectivity index (χ3n) is 3.49. The van der Waals surface area contributed by atoms with Crippen molar-refractivity contribution in [2.24, 2.45) is 5.92 Å². The summed E-state index contributed by atoms with van der Waals surface area (Å²) in [4.78, 5) is 16.1. The third-order valence-corrected chi connectivity index (χ3v) is 3.49. The lowest BCUT2D eigenvalue weighted by molar-refractivity contribution is -0.116. The Labute approximate surface area is 130 Å². The van der Waals surface area contributed by atoms with Gasteiger partial charge in [0.15, 0.2) is 5.58 Å². The Hall–Kier alpha value is -2.14. The Kier molecular flexibility index (Phi) is 6.15. The fourth-order valence-corrected chi connectivity index (χ4v) is 2.35. The van der Waals surface area contributed by atoms with Crippen molar-refractivity contribution >= 4 is 23.1 Å². The number of aromatic nitrogens is 1. The molecule has 0 saturated heterocycles. The normalized spacial score (nSPS) is 12.8. The number of nitrogens with one attached hydrogen (secondary N) is 1. The van der Waals surface area contributed by atoms with Gasteiger partial charge in [-0.25, -0.2) is 4.98 Å². The summed E-state index contributed by atoms with van der Waals surface area (Å²) in [7, 11) is 0. The van der Waals surface area contributed by atoms with E-state index in [0.29, 0.717) is 30.4 Å². The van der Waals surface area contributed by atoms with E-state index in [2.05, 4.69) is 17.2 Å². The highest BCUT2D eigenvalue weighted by Crippen LogP contribution is 2.15.